The Hall–Kier alpha value is -1.23. The second-order valence-corrected chi connectivity index (χ2v) is 3.71. The Labute approximate surface area is 92.2 Å². The Morgan fingerprint density at radius 3 is 2.25 bits per heavy atom. The molecule has 0 amide bonds. The van der Waals surface area contributed by atoms with Gasteiger partial charge in [-0.2, -0.15) is 0 Å². The number of benzene rings is 1. The van der Waals surface area contributed by atoms with Crippen molar-refractivity contribution in [2.24, 2.45) is 5.73 Å². The van der Waals surface area contributed by atoms with Crippen molar-refractivity contribution >= 4 is 0 Å². The normalized spacial score (nSPS) is 13.6. The molecule has 5 heteroatoms. The van der Waals surface area contributed by atoms with Crippen molar-refractivity contribution in [3.63, 3.8) is 0 Å². The molecule has 1 aromatic carbocycles. The van der Waals surface area contributed by atoms with E-state index in [1.165, 1.54) is 12.1 Å². The molecule has 0 aliphatic carbocycles. The fraction of sp³-hybridized carbons (Fsp3) is 0.455. The van der Waals surface area contributed by atoms with Crippen molar-refractivity contribution in [2.45, 2.75) is 32.2 Å². The number of hydrogen-bond donors (Lipinski definition) is 1. The lowest BCUT2D eigenvalue weighted by Gasteiger charge is -2.09. The molecule has 2 N–H and O–H groups in total. The molecule has 0 saturated carbocycles. The summed E-state index contributed by atoms with van der Waals surface area (Å²) in [6.07, 6.45) is -3.07. The second kappa shape index (κ2) is 5.21. The molecule has 0 aliphatic heterocycles. The van der Waals surface area contributed by atoms with Gasteiger partial charge in [0.05, 0.1) is 0 Å². The maximum Gasteiger partial charge on any atom is 0.573 e. The average molecular weight is 233 g/mol. The van der Waals surface area contributed by atoms with E-state index in [9.17, 15) is 13.2 Å². The Balaban J connectivity index is 2.54. The van der Waals surface area contributed by atoms with E-state index in [4.69, 9.17) is 5.73 Å². The fourth-order valence-corrected chi connectivity index (χ4v) is 1.25. The van der Waals surface area contributed by atoms with Crippen LogP contribution in [0.5, 0.6) is 5.75 Å². The lowest BCUT2D eigenvalue weighted by atomic mass is 10.1. The van der Waals surface area contributed by atoms with Gasteiger partial charge in [0, 0.05) is 6.04 Å². The summed E-state index contributed by atoms with van der Waals surface area (Å²) < 4.78 is 39.3. The monoisotopic (exact) mass is 233 g/mol. The minimum Gasteiger partial charge on any atom is -0.406 e. The van der Waals surface area contributed by atoms with Crippen LogP contribution in [0.15, 0.2) is 24.3 Å². The van der Waals surface area contributed by atoms with Gasteiger partial charge in [-0.1, -0.05) is 12.1 Å². The highest BCUT2D eigenvalue weighted by Gasteiger charge is 2.30. The molecule has 0 unspecified atom stereocenters. The minimum atomic E-state index is -4.63. The number of aryl methyl sites for hydroxylation is 1. The van der Waals surface area contributed by atoms with Gasteiger partial charge in [-0.25, -0.2) is 0 Å². The molecule has 1 rings (SSSR count). The van der Waals surface area contributed by atoms with Gasteiger partial charge < -0.3 is 10.5 Å². The molecule has 0 radical (unpaired) electrons. The predicted octanol–water partition coefficient (Wildman–Crippen LogP) is 2.87. The van der Waals surface area contributed by atoms with E-state index < -0.39 is 6.36 Å². The van der Waals surface area contributed by atoms with Crippen molar-refractivity contribution in [3.05, 3.63) is 29.8 Å². The van der Waals surface area contributed by atoms with E-state index >= 15 is 0 Å². The summed E-state index contributed by atoms with van der Waals surface area (Å²) in [6.45, 7) is 1.89. The number of halogens is 3. The summed E-state index contributed by atoms with van der Waals surface area (Å²) in [7, 11) is 0. The zero-order valence-electron chi connectivity index (χ0n) is 8.92. The molecule has 1 atom stereocenters. The van der Waals surface area contributed by atoms with Crippen LogP contribution >= 0.6 is 0 Å². The third-order valence-electron chi connectivity index (χ3n) is 2.05. The summed E-state index contributed by atoms with van der Waals surface area (Å²) in [5.41, 5.74) is 6.53. The number of rotatable bonds is 4. The summed E-state index contributed by atoms with van der Waals surface area (Å²) in [6, 6.07) is 5.94. The van der Waals surface area contributed by atoms with E-state index in [-0.39, 0.29) is 11.8 Å². The van der Waals surface area contributed by atoms with Gasteiger partial charge in [-0.3, -0.25) is 0 Å². The van der Waals surface area contributed by atoms with Gasteiger partial charge in [0.25, 0.3) is 0 Å². The zero-order valence-corrected chi connectivity index (χ0v) is 8.92. The van der Waals surface area contributed by atoms with Crippen LogP contribution in [-0.2, 0) is 6.42 Å². The molecule has 16 heavy (non-hydrogen) atoms. The van der Waals surface area contributed by atoms with Crippen LogP contribution in [0.3, 0.4) is 0 Å². The maximum atomic E-state index is 11.9. The van der Waals surface area contributed by atoms with Crippen LogP contribution in [0.25, 0.3) is 0 Å². The Morgan fingerprint density at radius 1 is 1.25 bits per heavy atom. The number of alkyl halides is 3. The molecular weight excluding hydrogens is 219 g/mol. The third-order valence-corrected chi connectivity index (χ3v) is 2.05. The highest BCUT2D eigenvalue weighted by Crippen LogP contribution is 2.22. The molecule has 0 aliphatic rings. The van der Waals surface area contributed by atoms with Gasteiger partial charge >= 0.3 is 6.36 Å². The summed E-state index contributed by atoms with van der Waals surface area (Å²) in [4.78, 5) is 0. The molecule has 0 bridgehead atoms. The smallest absolute Gasteiger partial charge is 0.406 e. The van der Waals surface area contributed by atoms with Gasteiger partial charge in [0.2, 0.25) is 0 Å². The molecule has 90 valence electrons. The molecule has 0 aromatic heterocycles. The van der Waals surface area contributed by atoms with Gasteiger partial charge in [-0.15, -0.1) is 13.2 Å². The lowest BCUT2D eigenvalue weighted by Crippen LogP contribution is -2.17. The molecule has 0 saturated heterocycles. The first-order chi connectivity index (χ1) is 7.37. The molecule has 1 aromatic rings. The summed E-state index contributed by atoms with van der Waals surface area (Å²) in [5.74, 6) is -0.197. The van der Waals surface area contributed by atoms with Crippen LogP contribution in [0, 0.1) is 0 Å². The summed E-state index contributed by atoms with van der Waals surface area (Å²) >= 11 is 0. The molecule has 0 fully saturated rings. The number of ether oxygens (including phenoxy) is 1. The van der Waals surface area contributed by atoms with E-state index in [0.29, 0.717) is 0 Å². The summed E-state index contributed by atoms with van der Waals surface area (Å²) in [5, 5.41) is 0. The first-order valence-corrected chi connectivity index (χ1v) is 4.97. The van der Waals surface area contributed by atoms with Crippen LogP contribution in [0.1, 0.15) is 18.9 Å². The first-order valence-electron chi connectivity index (χ1n) is 4.97. The van der Waals surface area contributed by atoms with E-state index in [0.717, 1.165) is 18.4 Å². The first kappa shape index (κ1) is 12.8. The predicted molar refractivity (Wildman–Crippen MR) is 55.1 cm³/mol. The molecular formula is C11H14F3NO. The fourth-order valence-electron chi connectivity index (χ4n) is 1.25. The highest BCUT2D eigenvalue weighted by atomic mass is 19.4. The SMILES string of the molecule is C[C@H](N)CCc1ccc(OC(F)(F)F)cc1. The number of nitrogens with two attached hydrogens (primary N) is 1. The van der Waals surface area contributed by atoms with E-state index in [2.05, 4.69) is 4.74 Å². The zero-order chi connectivity index (χ0) is 12.2. The average Bonchev–Trinajstić information content (AvgIpc) is 2.14. The number of hydrogen-bond acceptors (Lipinski definition) is 2. The molecule has 0 spiro atoms. The lowest BCUT2D eigenvalue weighted by molar-refractivity contribution is -0.274. The van der Waals surface area contributed by atoms with Crippen molar-refractivity contribution in [1.29, 1.82) is 0 Å². The van der Waals surface area contributed by atoms with Crippen LogP contribution in [-0.4, -0.2) is 12.4 Å². The Morgan fingerprint density at radius 2 is 1.81 bits per heavy atom. The topological polar surface area (TPSA) is 35.2 Å². The maximum absolute atomic E-state index is 11.9. The van der Waals surface area contributed by atoms with Gasteiger partial charge in [0.1, 0.15) is 5.75 Å². The van der Waals surface area contributed by atoms with Crippen molar-refractivity contribution in [3.8, 4) is 5.75 Å². The van der Waals surface area contributed by atoms with Gasteiger partial charge in [0.15, 0.2) is 0 Å². The second-order valence-electron chi connectivity index (χ2n) is 3.71. The van der Waals surface area contributed by atoms with Crippen molar-refractivity contribution in [1.82, 2.24) is 0 Å². The van der Waals surface area contributed by atoms with Crippen LogP contribution in [0.4, 0.5) is 13.2 Å². The van der Waals surface area contributed by atoms with Crippen molar-refractivity contribution < 1.29 is 17.9 Å². The highest BCUT2D eigenvalue weighted by molar-refractivity contribution is 5.27. The third kappa shape index (κ3) is 5.02. The van der Waals surface area contributed by atoms with E-state index in [1.807, 2.05) is 6.92 Å². The Kier molecular flexibility index (Phi) is 4.18. The largest absolute Gasteiger partial charge is 0.573 e. The Bertz CT molecular complexity index is 319. The van der Waals surface area contributed by atoms with Crippen LogP contribution < -0.4 is 10.5 Å². The molecule has 0 heterocycles. The van der Waals surface area contributed by atoms with Crippen LogP contribution in [0.2, 0.25) is 0 Å². The molecule has 2 nitrogen and oxygen atoms in total. The van der Waals surface area contributed by atoms with Gasteiger partial charge in [-0.05, 0) is 37.5 Å². The quantitative estimate of drug-likeness (QED) is 0.867. The standard InChI is InChI=1S/C11H14F3NO/c1-8(15)2-3-9-4-6-10(7-5-9)16-11(12,13)14/h4-8H,2-3,15H2,1H3/t8-/m0/s1. The van der Waals surface area contributed by atoms with Crippen molar-refractivity contribution in [2.75, 3.05) is 0 Å². The van der Waals surface area contributed by atoms with E-state index in [1.54, 1.807) is 12.1 Å². The minimum absolute atomic E-state index is 0.0890.